The second-order valence-corrected chi connectivity index (χ2v) is 7.52. The molecule has 0 aliphatic carbocycles. The molecule has 1 amide bonds. The van der Waals surface area contributed by atoms with Crippen molar-refractivity contribution in [3.63, 3.8) is 0 Å². The monoisotopic (exact) mass is 344 g/mol. The second kappa shape index (κ2) is 10.3. The Bertz CT molecular complexity index is 499. The van der Waals surface area contributed by atoms with E-state index in [9.17, 15) is 14.2 Å². The number of carbonyl (C=O) groups excluding carboxylic acids is 2. The summed E-state index contributed by atoms with van der Waals surface area (Å²) < 4.78 is 17.2. The zero-order valence-corrected chi connectivity index (χ0v) is 14.2. The summed E-state index contributed by atoms with van der Waals surface area (Å²) in [6.07, 6.45) is 0.369. The summed E-state index contributed by atoms with van der Waals surface area (Å²) in [5, 5.41) is 0.872. The Labute approximate surface area is 134 Å². The summed E-state index contributed by atoms with van der Waals surface area (Å²) in [5.74, 6) is -0.625. The molecule has 0 saturated carbocycles. The molecule has 2 unspecified atom stereocenters. The van der Waals surface area contributed by atoms with Gasteiger partial charge >= 0.3 is 13.0 Å². The van der Waals surface area contributed by atoms with Crippen molar-refractivity contribution in [3.05, 3.63) is 30.3 Å². The Morgan fingerprint density at radius 1 is 1.32 bits per heavy atom. The molecule has 0 aliphatic rings. The average Bonchev–Trinajstić information content (AvgIpc) is 2.52. The fraction of sp³-hybridized carbons (Fsp3) is 0.429. The maximum Gasteiger partial charge on any atom is 0.418 e. The fourth-order valence-corrected chi connectivity index (χ4v) is 4.52. The lowest BCUT2D eigenvalue weighted by atomic mass is 10.3. The van der Waals surface area contributed by atoms with Crippen molar-refractivity contribution in [3.8, 4) is 0 Å². The first-order valence-electron chi connectivity index (χ1n) is 6.83. The lowest BCUT2D eigenvalue weighted by Gasteiger charge is -2.21. The molecular formula is C14H19NO5PS+. The van der Waals surface area contributed by atoms with Gasteiger partial charge in [0, 0.05) is 0 Å². The number of nitrogens with zero attached hydrogens (tertiary/aromatic N) is 1. The van der Waals surface area contributed by atoms with E-state index in [1.165, 1.54) is 0 Å². The normalized spacial score (nSPS) is 12.4. The van der Waals surface area contributed by atoms with Crippen LogP contribution in [0.2, 0.25) is 0 Å². The Hall–Kier alpha value is -1.43. The average molecular weight is 344 g/mol. The van der Waals surface area contributed by atoms with Gasteiger partial charge in [-0.2, -0.15) is 0 Å². The highest BCUT2D eigenvalue weighted by Crippen LogP contribution is 2.44. The molecule has 1 aromatic rings. The van der Waals surface area contributed by atoms with Gasteiger partial charge in [0.05, 0.1) is 18.1 Å². The van der Waals surface area contributed by atoms with Crippen molar-refractivity contribution >= 4 is 30.8 Å². The standard InChI is InChI=1S/C14H19NO5PS/c1-3-19-14(17)13(15(11-16)20-4-2)10-21(18)22-12-8-6-5-7-9-12/h5-9,11,13H,3-4,10H2,1-2H3/q+1. The maximum atomic E-state index is 12.3. The Morgan fingerprint density at radius 3 is 2.55 bits per heavy atom. The molecule has 22 heavy (non-hydrogen) atoms. The largest absolute Gasteiger partial charge is 0.464 e. The first-order chi connectivity index (χ1) is 10.6. The summed E-state index contributed by atoms with van der Waals surface area (Å²) in [4.78, 5) is 29.0. The van der Waals surface area contributed by atoms with E-state index in [0.717, 1.165) is 21.3 Å². The van der Waals surface area contributed by atoms with E-state index in [4.69, 9.17) is 9.57 Å². The first-order valence-corrected chi connectivity index (χ1v) is 9.69. The van der Waals surface area contributed by atoms with E-state index >= 15 is 0 Å². The van der Waals surface area contributed by atoms with E-state index in [0.29, 0.717) is 6.41 Å². The molecule has 0 radical (unpaired) electrons. The summed E-state index contributed by atoms with van der Waals surface area (Å²) in [5.41, 5.74) is 0. The highest BCUT2D eigenvalue weighted by Gasteiger charge is 2.36. The number of hydrogen-bond acceptors (Lipinski definition) is 6. The van der Waals surface area contributed by atoms with Crippen LogP contribution in [0.4, 0.5) is 0 Å². The zero-order chi connectivity index (χ0) is 16.4. The Morgan fingerprint density at radius 2 is 2.00 bits per heavy atom. The number of carbonyl (C=O) groups is 2. The van der Waals surface area contributed by atoms with Gasteiger partial charge < -0.3 is 4.74 Å². The highest BCUT2D eigenvalue weighted by molar-refractivity contribution is 8.51. The number of ether oxygens (including phenoxy) is 1. The molecule has 0 N–H and O–H groups in total. The van der Waals surface area contributed by atoms with E-state index < -0.39 is 19.0 Å². The van der Waals surface area contributed by atoms with Crippen LogP contribution in [0, 0.1) is 0 Å². The molecule has 8 heteroatoms. The van der Waals surface area contributed by atoms with Crippen LogP contribution in [0.5, 0.6) is 0 Å². The summed E-state index contributed by atoms with van der Waals surface area (Å²) in [6.45, 7) is 3.76. The molecule has 0 heterocycles. The van der Waals surface area contributed by atoms with Gasteiger partial charge in [0.25, 0.3) is 0 Å². The maximum absolute atomic E-state index is 12.3. The molecule has 0 spiro atoms. The third-order valence-corrected chi connectivity index (χ3v) is 5.54. The number of hydrogen-bond donors (Lipinski definition) is 0. The van der Waals surface area contributed by atoms with Crippen LogP contribution in [0.1, 0.15) is 13.8 Å². The van der Waals surface area contributed by atoms with Crippen molar-refractivity contribution in [2.45, 2.75) is 24.8 Å². The van der Waals surface area contributed by atoms with Gasteiger partial charge in [0.1, 0.15) is 0 Å². The van der Waals surface area contributed by atoms with Crippen molar-refractivity contribution in [1.29, 1.82) is 0 Å². The lowest BCUT2D eigenvalue weighted by molar-refractivity contribution is -0.193. The Balaban J connectivity index is 2.76. The number of benzene rings is 1. The number of rotatable bonds is 10. The molecule has 0 saturated heterocycles. The minimum Gasteiger partial charge on any atom is -0.464 e. The molecule has 1 rings (SSSR count). The van der Waals surface area contributed by atoms with Gasteiger partial charge in [-0.15, -0.1) is 0 Å². The van der Waals surface area contributed by atoms with Crippen LogP contribution >= 0.6 is 18.4 Å². The van der Waals surface area contributed by atoms with E-state index in [-0.39, 0.29) is 19.4 Å². The van der Waals surface area contributed by atoms with Crippen molar-refractivity contribution in [2.24, 2.45) is 0 Å². The SMILES string of the molecule is CCOC(=O)C(C[P+](=O)Sc1ccccc1)N(C=O)OCC. The molecule has 1 aromatic carbocycles. The minimum atomic E-state index is -1.80. The molecule has 0 aromatic heterocycles. The van der Waals surface area contributed by atoms with E-state index in [1.807, 2.05) is 30.3 Å². The molecule has 2 atom stereocenters. The van der Waals surface area contributed by atoms with Crippen molar-refractivity contribution in [1.82, 2.24) is 5.06 Å². The van der Waals surface area contributed by atoms with E-state index in [1.54, 1.807) is 13.8 Å². The van der Waals surface area contributed by atoms with Crippen LogP contribution in [0.15, 0.2) is 35.2 Å². The summed E-state index contributed by atoms with van der Waals surface area (Å²) >= 11 is 1.16. The van der Waals surface area contributed by atoms with Crippen molar-refractivity contribution < 1.29 is 23.7 Å². The van der Waals surface area contributed by atoms with Crippen LogP contribution in [0.25, 0.3) is 0 Å². The third-order valence-electron chi connectivity index (χ3n) is 2.52. The minimum absolute atomic E-state index is 0.0353. The molecule has 0 aliphatic heterocycles. The van der Waals surface area contributed by atoms with Crippen molar-refractivity contribution in [2.75, 3.05) is 19.4 Å². The quantitative estimate of drug-likeness (QED) is 0.281. The highest BCUT2D eigenvalue weighted by atomic mass is 32.7. The Kier molecular flexibility index (Phi) is 8.74. The molecular weight excluding hydrogens is 325 g/mol. The lowest BCUT2D eigenvalue weighted by Crippen LogP contribution is -2.43. The summed E-state index contributed by atoms with van der Waals surface area (Å²) in [6, 6.07) is 8.19. The van der Waals surface area contributed by atoms with Crippen LogP contribution in [-0.2, 0) is 23.7 Å². The molecule has 0 bridgehead atoms. The van der Waals surface area contributed by atoms with Gasteiger partial charge in [0.2, 0.25) is 12.5 Å². The first kappa shape index (κ1) is 18.6. The zero-order valence-electron chi connectivity index (χ0n) is 12.5. The topological polar surface area (TPSA) is 72.9 Å². The number of hydroxylamine groups is 2. The predicted octanol–water partition coefficient (Wildman–Crippen LogP) is 2.86. The fourth-order valence-electron chi connectivity index (χ4n) is 1.62. The van der Waals surface area contributed by atoms with Gasteiger partial charge in [0.15, 0.2) is 17.5 Å². The van der Waals surface area contributed by atoms with Crippen LogP contribution in [0.3, 0.4) is 0 Å². The van der Waals surface area contributed by atoms with Gasteiger partial charge in [-0.1, -0.05) is 22.8 Å². The third kappa shape index (κ3) is 6.13. The van der Waals surface area contributed by atoms with Crippen LogP contribution in [-0.4, -0.2) is 42.9 Å². The smallest absolute Gasteiger partial charge is 0.418 e. The van der Waals surface area contributed by atoms with Gasteiger partial charge in [-0.25, -0.2) is 9.86 Å². The molecule has 120 valence electrons. The second-order valence-electron chi connectivity index (χ2n) is 4.07. The summed E-state index contributed by atoms with van der Waals surface area (Å²) in [7, 11) is -1.80. The number of amides is 1. The molecule has 6 nitrogen and oxygen atoms in total. The van der Waals surface area contributed by atoms with Gasteiger partial charge in [-0.05, 0) is 26.0 Å². The predicted molar refractivity (Wildman–Crippen MR) is 84.7 cm³/mol. The number of esters is 1. The van der Waals surface area contributed by atoms with E-state index in [2.05, 4.69) is 0 Å². The van der Waals surface area contributed by atoms with Gasteiger partial charge in [-0.3, -0.25) is 9.63 Å². The molecule has 0 fully saturated rings. The van der Waals surface area contributed by atoms with Crippen LogP contribution < -0.4 is 0 Å².